The lowest BCUT2D eigenvalue weighted by molar-refractivity contribution is -0.132. The molecule has 1 heterocycles. The number of rotatable bonds is 7. The Balaban J connectivity index is 1.80. The van der Waals surface area contributed by atoms with Gasteiger partial charge in [-0.2, -0.15) is 0 Å². The highest BCUT2D eigenvalue weighted by Gasteiger charge is 2.26. The normalized spacial score (nSPS) is 18.2. The summed E-state index contributed by atoms with van der Waals surface area (Å²) >= 11 is 1.42. The van der Waals surface area contributed by atoms with E-state index >= 15 is 0 Å². The third-order valence-electron chi connectivity index (χ3n) is 4.08. The summed E-state index contributed by atoms with van der Waals surface area (Å²) in [7, 11) is 4.09. The molecule has 1 amide bonds. The molecule has 23 heavy (non-hydrogen) atoms. The number of benzene rings is 1. The van der Waals surface area contributed by atoms with Crippen molar-refractivity contribution in [3.05, 3.63) is 35.9 Å². The number of piperidine rings is 1. The van der Waals surface area contributed by atoms with E-state index in [4.69, 9.17) is 0 Å². The maximum absolute atomic E-state index is 12.5. The van der Waals surface area contributed by atoms with Crippen LogP contribution in [0.1, 0.15) is 29.6 Å². The van der Waals surface area contributed by atoms with Crippen LogP contribution in [0.25, 0.3) is 0 Å². The van der Waals surface area contributed by atoms with E-state index in [-0.39, 0.29) is 11.7 Å². The van der Waals surface area contributed by atoms with Crippen molar-refractivity contribution in [3.8, 4) is 0 Å². The van der Waals surface area contributed by atoms with Crippen LogP contribution in [-0.4, -0.2) is 66.2 Å². The van der Waals surface area contributed by atoms with Gasteiger partial charge >= 0.3 is 0 Å². The number of amides is 1. The van der Waals surface area contributed by atoms with Crippen LogP contribution in [-0.2, 0) is 4.79 Å². The number of hydrogen-bond acceptors (Lipinski definition) is 4. The van der Waals surface area contributed by atoms with E-state index in [1.807, 2.05) is 49.3 Å². The molecule has 5 heteroatoms. The van der Waals surface area contributed by atoms with Crippen LogP contribution < -0.4 is 0 Å². The molecule has 0 saturated carbocycles. The minimum absolute atomic E-state index is 0.0897. The van der Waals surface area contributed by atoms with Gasteiger partial charge in [-0.05, 0) is 33.4 Å². The van der Waals surface area contributed by atoms with Gasteiger partial charge in [0.25, 0.3) is 0 Å². The molecule has 1 aromatic rings. The Bertz CT molecular complexity index is 519. The first-order valence-electron chi connectivity index (χ1n) is 8.18. The molecule has 4 nitrogen and oxygen atoms in total. The van der Waals surface area contributed by atoms with Crippen LogP contribution in [0.3, 0.4) is 0 Å². The third kappa shape index (κ3) is 5.66. The summed E-state index contributed by atoms with van der Waals surface area (Å²) in [6, 6.07) is 9.59. The van der Waals surface area contributed by atoms with E-state index in [2.05, 4.69) is 4.90 Å². The average Bonchev–Trinajstić information content (AvgIpc) is 2.55. The van der Waals surface area contributed by atoms with Crippen LogP contribution in [0, 0.1) is 0 Å². The number of ketones is 1. The largest absolute Gasteiger partial charge is 0.338 e. The monoisotopic (exact) mass is 334 g/mol. The van der Waals surface area contributed by atoms with Gasteiger partial charge < -0.3 is 9.80 Å². The molecule has 1 fully saturated rings. The quantitative estimate of drug-likeness (QED) is 0.719. The highest BCUT2D eigenvalue weighted by atomic mass is 32.2. The van der Waals surface area contributed by atoms with Crippen molar-refractivity contribution >= 4 is 23.5 Å². The number of thioether (sulfide) groups is 1. The second kappa shape index (κ2) is 9.08. The molecule has 126 valence electrons. The van der Waals surface area contributed by atoms with Gasteiger partial charge in [0.15, 0.2) is 5.78 Å². The van der Waals surface area contributed by atoms with Gasteiger partial charge in [0.05, 0.1) is 11.5 Å². The van der Waals surface area contributed by atoms with Crippen molar-refractivity contribution in [1.82, 2.24) is 9.80 Å². The van der Waals surface area contributed by atoms with Crippen molar-refractivity contribution in [2.45, 2.75) is 25.3 Å². The molecule has 0 aliphatic carbocycles. The Morgan fingerprint density at radius 3 is 2.61 bits per heavy atom. The summed E-state index contributed by atoms with van der Waals surface area (Å²) in [5.41, 5.74) is 0.718. The van der Waals surface area contributed by atoms with Gasteiger partial charge in [-0.1, -0.05) is 30.3 Å². The molecular weight excluding hydrogens is 308 g/mol. The van der Waals surface area contributed by atoms with Crippen LogP contribution in [0.4, 0.5) is 0 Å². The molecule has 1 saturated heterocycles. The molecule has 1 aromatic carbocycles. The maximum Gasteiger partial charge on any atom is 0.232 e. The van der Waals surface area contributed by atoms with Crippen LogP contribution in [0.15, 0.2) is 30.3 Å². The summed E-state index contributed by atoms with van der Waals surface area (Å²) in [5.74, 6) is 1.01. The van der Waals surface area contributed by atoms with Crippen LogP contribution in [0.5, 0.6) is 0 Å². The van der Waals surface area contributed by atoms with Crippen molar-refractivity contribution in [2.75, 3.05) is 38.7 Å². The highest BCUT2D eigenvalue weighted by molar-refractivity contribution is 8.00. The predicted molar refractivity (Wildman–Crippen MR) is 96.0 cm³/mol. The first-order chi connectivity index (χ1) is 11.1. The minimum Gasteiger partial charge on any atom is -0.338 e. The molecule has 0 spiro atoms. The summed E-state index contributed by atoms with van der Waals surface area (Å²) in [4.78, 5) is 28.7. The minimum atomic E-state index is 0.0897. The first kappa shape index (κ1) is 18.0. The average molecular weight is 334 g/mol. The van der Waals surface area contributed by atoms with Crippen molar-refractivity contribution in [3.63, 3.8) is 0 Å². The Morgan fingerprint density at radius 1 is 1.17 bits per heavy atom. The molecule has 2 rings (SSSR count). The molecule has 0 aromatic heterocycles. The zero-order valence-electron chi connectivity index (χ0n) is 14.0. The van der Waals surface area contributed by atoms with Gasteiger partial charge in [-0.3, -0.25) is 9.59 Å². The van der Waals surface area contributed by atoms with Gasteiger partial charge in [-0.15, -0.1) is 11.8 Å². The van der Waals surface area contributed by atoms with Gasteiger partial charge in [0, 0.05) is 24.7 Å². The fourth-order valence-electron chi connectivity index (χ4n) is 2.96. The number of nitrogens with zero attached hydrogens (tertiary/aromatic N) is 2. The number of carbonyl (C=O) groups is 2. The fourth-order valence-corrected chi connectivity index (χ4v) is 3.76. The molecule has 1 atom stereocenters. The van der Waals surface area contributed by atoms with E-state index < -0.39 is 0 Å². The lowest BCUT2D eigenvalue weighted by Crippen LogP contribution is -2.49. The Labute approximate surface area is 143 Å². The number of likely N-dealkylation sites (N-methyl/N-ethyl adjacent to an activating group) is 1. The van der Waals surface area contributed by atoms with Crippen molar-refractivity contribution < 1.29 is 9.59 Å². The summed E-state index contributed by atoms with van der Waals surface area (Å²) in [5, 5.41) is 0. The standard InChI is InChI=1S/C18H26N2O2S/c1-19(2)12-16-10-6-7-11-20(16)18(22)14-23-13-17(21)15-8-4-3-5-9-15/h3-5,8-9,16H,6-7,10-14H2,1-2H3/t16-/m0/s1. The lowest BCUT2D eigenvalue weighted by atomic mass is 10.0. The molecule has 0 N–H and O–H groups in total. The van der Waals surface area contributed by atoms with E-state index in [0.717, 1.165) is 31.5 Å². The van der Waals surface area contributed by atoms with Gasteiger partial charge in [-0.25, -0.2) is 0 Å². The molecule has 0 bridgehead atoms. The molecule has 1 aliphatic heterocycles. The topological polar surface area (TPSA) is 40.6 Å². The molecular formula is C18H26N2O2S. The Hall–Kier alpha value is -1.33. The second-order valence-corrected chi connectivity index (χ2v) is 7.27. The van der Waals surface area contributed by atoms with Crippen molar-refractivity contribution in [1.29, 1.82) is 0 Å². The molecule has 1 aliphatic rings. The SMILES string of the molecule is CN(C)C[C@@H]1CCCCN1C(=O)CSCC(=O)c1ccccc1. The maximum atomic E-state index is 12.5. The summed E-state index contributed by atoms with van der Waals surface area (Å²) in [6.07, 6.45) is 3.36. The molecule has 0 radical (unpaired) electrons. The Morgan fingerprint density at radius 2 is 1.91 bits per heavy atom. The lowest BCUT2D eigenvalue weighted by Gasteiger charge is -2.37. The van der Waals surface area contributed by atoms with Crippen molar-refractivity contribution in [2.24, 2.45) is 0 Å². The smallest absolute Gasteiger partial charge is 0.232 e. The first-order valence-corrected chi connectivity index (χ1v) is 9.33. The summed E-state index contributed by atoms with van der Waals surface area (Å²) in [6.45, 7) is 1.77. The van der Waals surface area contributed by atoms with Crippen LogP contribution >= 0.6 is 11.8 Å². The number of carbonyl (C=O) groups excluding carboxylic acids is 2. The Kier molecular flexibility index (Phi) is 7.12. The van der Waals surface area contributed by atoms with Gasteiger partial charge in [0.2, 0.25) is 5.91 Å². The second-order valence-electron chi connectivity index (χ2n) is 6.28. The highest BCUT2D eigenvalue weighted by Crippen LogP contribution is 2.19. The van der Waals surface area contributed by atoms with E-state index in [1.54, 1.807) is 0 Å². The zero-order chi connectivity index (χ0) is 16.7. The van der Waals surface area contributed by atoms with E-state index in [0.29, 0.717) is 17.5 Å². The zero-order valence-corrected chi connectivity index (χ0v) is 14.8. The third-order valence-corrected chi connectivity index (χ3v) is 5.00. The predicted octanol–water partition coefficient (Wildman–Crippen LogP) is 2.55. The fraction of sp³-hybridized carbons (Fsp3) is 0.556. The van der Waals surface area contributed by atoms with Gasteiger partial charge in [0.1, 0.15) is 0 Å². The number of Topliss-reactive ketones (excluding diaryl/α,β-unsaturated/α-hetero) is 1. The van der Waals surface area contributed by atoms with E-state index in [9.17, 15) is 9.59 Å². The van der Waals surface area contributed by atoms with Crippen LogP contribution in [0.2, 0.25) is 0 Å². The van der Waals surface area contributed by atoms with E-state index in [1.165, 1.54) is 18.2 Å². The number of hydrogen-bond donors (Lipinski definition) is 0. The number of likely N-dealkylation sites (tertiary alicyclic amines) is 1. The summed E-state index contributed by atoms with van der Waals surface area (Å²) < 4.78 is 0. The molecule has 0 unspecified atom stereocenters.